The molecule has 11 heteroatoms. The molecule has 0 saturated heterocycles. The Hall–Kier alpha value is -3.47. The third-order valence-electron chi connectivity index (χ3n) is 4.97. The molecular formula is C23H31N3O7S. The molecule has 0 atom stereocenters. The van der Waals surface area contributed by atoms with E-state index in [0.717, 1.165) is 0 Å². The fourth-order valence-electron chi connectivity index (χ4n) is 3.18. The number of sulfonamides is 1. The second kappa shape index (κ2) is 12.1. The van der Waals surface area contributed by atoms with Gasteiger partial charge in [-0.15, -0.1) is 0 Å². The van der Waals surface area contributed by atoms with Crippen LogP contribution in [0.3, 0.4) is 0 Å². The van der Waals surface area contributed by atoms with E-state index in [1.54, 1.807) is 17.0 Å². The maximum absolute atomic E-state index is 13.0. The van der Waals surface area contributed by atoms with Crippen LogP contribution >= 0.6 is 0 Å². The number of nitrogens with zero attached hydrogens (tertiary/aromatic N) is 1. The fraction of sp³-hybridized carbons (Fsp3) is 0.391. The molecule has 2 aromatic carbocycles. The van der Waals surface area contributed by atoms with Crippen LogP contribution in [0.4, 0.5) is 5.69 Å². The van der Waals surface area contributed by atoms with Crippen molar-refractivity contribution in [1.29, 1.82) is 0 Å². The van der Waals surface area contributed by atoms with Gasteiger partial charge in [-0.3, -0.25) is 14.3 Å². The molecule has 10 nitrogen and oxygen atoms in total. The number of hydrogen-bond acceptors (Lipinski definition) is 7. The van der Waals surface area contributed by atoms with Gasteiger partial charge in [0.05, 0.1) is 43.5 Å². The Morgan fingerprint density at radius 3 is 2.06 bits per heavy atom. The second-order valence-electron chi connectivity index (χ2n) is 7.01. The summed E-state index contributed by atoms with van der Waals surface area (Å²) in [6, 6.07) is 8.59. The van der Waals surface area contributed by atoms with Crippen LogP contribution in [0.5, 0.6) is 17.2 Å². The van der Waals surface area contributed by atoms with Crippen molar-refractivity contribution in [2.75, 3.05) is 45.2 Å². The molecular weight excluding hydrogens is 462 g/mol. The summed E-state index contributed by atoms with van der Waals surface area (Å²) in [5, 5.41) is 2.55. The highest BCUT2D eigenvalue weighted by Gasteiger charge is 2.23. The zero-order valence-corrected chi connectivity index (χ0v) is 20.8. The molecule has 0 bridgehead atoms. The van der Waals surface area contributed by atoms with Gasteiger partial charge in [0.1, 0.15) is 5.75 Å². The minimum atomic E-state index is -4.06. The van der Waals surface area contributed by atoms with E-state index < -0.39 is 15.9 Å². The van der Waals surface area contributed by atoms with Crippen LogP contribution in [-0.2, 0) is 14.8 Å². The fourth-order valence-corrected chi connectivity index (χ4v) is 4.25. The van der Waals surface area contributed by atoms with Crippen molar-refractivity contribution in [2.45, 2.75) is 25.7 Å². The third-order valence-corrected chi connectivity index (χ3v) is 6.36. The first-order valence-corrected chi connectivity index (χ1v) is 12.3. The largest absolute Gasteiger partial charge is 0.494 e. The zero-order valence-electron chi connectivity index (χ0n) is 20.0. The van der Waals surface area contributed by atoms with Crippen LogP contribution in [-0.4, -0.2) is 65.6 Å². The minimum absolute atomic E-state index is 0.0196. The van der Waals surface area contributed by atoms with Crippen molar-refractivity contribution in [2.24, 2.45) is 0 Å². The number of anilines is 1. The summed E-state index contributed by atoms with van der Waals surface area (Å²) in [6.07, 6.45) is 0. The first-order chi connectivity index (χ1) is 16.2. The van der Waals surface area contributed by atoms with Gasteiger partial charge in [-0.1, -0.05) is 0 Å². The van der Waals surface area contributed by atoms with Crippen LogP contribution in [0.15, 0.2) is 41.3 Å². The van der Waals surface area contributed by atoms with E-state index in [-0.39, 0.29) is 40.1 Å². The van der Waals surface area contributed by atoms with Gasteiger partial charge in [-0.2, -0.15) is 0 Å². The molecule has 34 heavy (non-hydrogen) atoms. The molecule has 0 fully saturated rings. The van der Waals surface area contributed by atoms with E-state index in [1.165, 1.54) is 38.5 Å². The summed E-state index contributed by atoms with van der Waals surface area (Å²) >= 11 is 0. The summed E-state index contributed by atoms with van der Waals surface area (Å²) in [5.41, 5.74) is -0.0566. The van der Waals surface area contributed by atoms with Gasteiger partial charge < -0.3 is 24.4 Å². The van der Waals surface area contributed by atoms with Gasteiger partial charge in [0.25, 0.3) is 15.9 Å². The van der Waals surface area contributed by atoms with Gasteiger partial charge in [0, 0.05) is 19.2 Å². The van der Waals surface area contributed by atoms with E-state index in [0.29, 0.717) is 25.4 Å². The number of carbonyl (C=O) groups excluding carboxylic acids is 2. The van der Waals surface area contributed by atoms with E-state index in [9.17, 15) is 18.0 Å². The topological polar surface area (TPSA) is 123 Å². The monoisotopic (exact) mass is 493 g/mol. The molecule has 0 heterocycles. The van der Waals surface area contributed by atoms with Gasteiger partial charge >= 0.3 is 0 Å². The van der Waals surface area contributed by atoms with Gasteiger partial charge in [0.15, 0.2) is 11.5 Å². The molecule has 2 aromatic rings. The second-order valence-corrected chi connectivity index (χ2v) is 8.69. The standard InChI is InChI=1S/C23H31N3O7S/c1-6-26(7-2)22(27)15-24-23(28)18-13-20(31-4)21(32-5)14-19(18)25-34(29,30)17-11-9-16(10-12-17)33-8-3/h9-14,25H,6-8,15H2,1-5H3,(H,24,28). The zero-order chi connectivity index (χ0) is 25.3. The highest BCUT2D eigenvalue weighted by atomic mass is 32.2. The quantitative estimate of drug-likeness (QED) is 0.466. The lowest BCUT2D eigenvalue weighted by Crippen LogP contribution is -2.40. The van der Waals surface area contributed by atoms with Crippen molar-refractivity contribution in [3.8, 4) is 17.2 Å². The first kappa shape index (κ1) is 26.8. The predicted octanol–water partition coefficient (Wildman–Crippen LogP) is 2.50. The number of likely N-dealkylation sites (N-methyl/N-ethyl adjacent to an activating group) is 1. The molecule has 0 aliphatic rings. The van der Waals surface area contributed by atoms with E-state index in [1.807, 2.05) is 20.8 Å². The maximum atomic E-state index is 13.0. The highest BCUT2D eigenvalue weighted by molar-refractivity contribution is 7.92. The Morgan fingerprint density at radius 1 is 0.941 bits per heavy atom. The Labute approximate surface area is 200 Å². The number of hydrogen-bond donors (Lipinski definition) is 2. The Bertz CT molecular complexity index is 1100. The summed E-state index contributed by atoms with van der Waals surface area (Å²) in [6.45, 7) is 6.73. The van der Waals surface area contributed by atoms with E-state index >= 15 is 0 Å². The SMILES string of the molecule is CCOc1ccc(S(=O)(=O)Nc2cc(OC)c(OC)cc2C(=O)NCC(=O)N(CC)CC)cc1. The molecule has 186 valence electrons. The van der Waals surface area contributed by atoms with Gasteiger partial charge in [0.2, 0.25) is 5.91 Å². The van der Waals surface area contributed by atoms with E-state index in [4.69, 9.17) is 14.2 Å². The van der Waals surface area contributed by atoms with Gasteiger partial charge in [-0.25, -0.2) is 8.42 Å². The Balaban J connectivity index is 2.38. The average molecular weight is 494 g/mol. The van der Waals surface area contributed by atoms with Gasteiger partial charge in [-0.05, 0) is 51.1 Å². The van der Waals surface area contributed by atoms with Crippen LogP contribution < -0.4 is 24.2 Å². The molecule has 0 aromatic heterocycles. The van der Waals surface area contributed by atoms with Crippen molar-refractivity contribution < 1.29 is 32.2 Å². The third kappa shape index (κ3) is 6.53. The molecule has 2 N–H and O–H groups in total. The molecule has 0 radical (unpaired) electrons. The van der Waals surface area contributed by atoms with Crippen molar-refractivity contribution >= 4 is 27.5 Å². The smallest absolute Gasteiger partial charge is 0.261 e. The van der Waals surface area contributed by atoms with Crippen molar-refractivity contribution in [3.63, 3.8) is 0 Å². The summed E-state index contributed by atoms with van der Waals surface area (Å²) in [7, 11) is -1.27. The van der Waals surface area contributed by atoms with E-state index in [2.05, 4.69) is 10.0 Å². The lowest BCUT2D eigenvalue weighted by atomic mass is 10.1. The Kier molecular flexibility index (Phi) is 9.55. The van der Waals surface area contributed by atoms with Crippen LogP contribution in [0.25, 0.3) is 0 Å². The molecule has 2 amide bonds. The van der Waals surface area contributed by atoms with Crippen LogP contribution in [0.1, 0.15) is 31.1 Å². The summed E-state index contributed by atoms with van der Waals surface area (Å²) in [4.78, 5) is 26.8. The number of methoxy groups -OCH3 is 2. The van der Waals surface area contributed by atoms with Crippen molar-refractivity contribution in [3.05, 3.63) is 42.0 Å². The molecule has 0 spiro atoms. The average Bonchev–Trinajstić information content (AvgIpc) is 2.83. The molecule has 0 aliphatic heterocycles. The lowest BCUT2D eigenvalue weighted by molar-refractivity contribution is -0.129. The minimum Gasteiger partial charge on any atom is -0.494 e. The molecule has 0 aliphatic carbocycles. The van der Waals surface area contributed by atoms with Crippen LogP contribution in [0, 0.1) is 0 Å². The number of amides is 2. The maximum Gasteiger partial charge on any atom is 0.261 e. The summed E-state index contributed by atoms with van der Waals surface area (Å²) < 4.78 is 44.3. The molecule has 2 rings (SSSR count). The predicted molar refractivity (Wildman–Crippen MR) is 128 cm³/mol. The summed E-state index contributed by atoms with van der Waals surface area (Å²) in [5.74, 6) is 0.0843. The molecule has 0 unspecified atom stereocenters. The number of carbonyl (C=O) groups is 2. The first-order valence-electron chi connectivity index (χ1n) is 10.8. The lowest BCUT2D eigenvalue weighted by Gasteiger charge is -2.19. The normalized spacial score (nSPS) is 10.9. The Morgan fingerprint density at radius 2 is 1.53 bits per heavy atom. The number of benzene rings is 2. The van der Waals surface area contributed by atoms with Crippen molar-refractivity contribution in [1.82, 2.24) is 10.2 Å². The highest BCUT2D eigenvalue weighted by Crippen LogP contribution is 2.34. The number of rotatable bonds is 12. The number of nitrogens with one attached hydrogen (secondary N) is 2. The molecule has 0 saturated carbocycles. The van der Waals surface area contributed by atoms with Crippen LogP contribution in [0.2, 0.25) is 0 Å². The number of ether oxygens (including phenoxy) is 3.